The molecular formula is C25H27N5O2. The molecule has 32 heavy (non-hydrogen) atoms. The highest BCUT2D eigenvalue weighted by atomic mass is 16.2. The average Bonchev–Trinajstić information content (AvgIpc) is 3.29. The highest BCUT2D eigenvalue weighted by Gasteiger charge is 2.35. The van der Waals surface area contributed by atoms with Gasteiger partial charge in [-0.2, -0.15) is 0 Å². The van der Waals surface area contributed by atoms with Gasteiger partial charge in [0.2, 0.25) is 5.91 Å². The third kappa shape index (κ3) is 4.02. The molecule has 4 heterocycles. The highest BCUT2D eigenvalue weighted by Crippen LogP contribution is 2.32. The van der Waals surface area contributed by atoms with Crippen LogP contribution in [-0.4, -0.2) is 55.8 Å². The van der Waals surface area contributed by atoms with E-state index in [1.54, 1.807) is 12.4 Å². The van der Waals surface area contributed by atoms with Crippen molar-refractivity contribution in [3.05, 3.63) is 83.7 Å². The molecule has 7 heteroatoms. The summed E-state index contributed by atoms with van der Waals surface area (Å²) < 4.78 is 2.04. The predicted octanol–water partition coefficient (Wildman–Crippen LogP) is 3.08. The van der Waals surface area contributed by atoms with Crippen LogP contribution < -0.4 is 0 Å². The number of pyridine rings is 1. The predicted molar refractivity (Wildman–Crippen MR) is 120 cm³/mol. The molecule has 1 atom stereocenters. The van der Waals surface area contributed by atoms with Gasteiger partial charge in [-0.15, -0.1) is 0 Å². The topological polar surface area (TPSA) is 71.3 Å². The lowest BCUT2D eigenvalue weighted by atomic mass is 10.0. The number of carbonyl (C=O) groups is 2. The van der Waals surface area contributed by atoms with Crippen LogP contribution in [0.5, 0.6) is 0 Å². The molecular weight excluding hydrogens is 402 g/mol. The number of benzene rings is 1. The van der Waals surface area contributed by atoms with E-state index in [0.29, 0.717) is 18.8 Å². The van der Waals surface area contributed by atoms with E-state index in [0.717, 1.165) is 42.9 Å². The van der Waals surface area contributed by atoms with E-state index < -0.39 is 0 Å². The van der Waals surface area contributed by atoms with Gasteiger partial charge in [0.05, 0.1) is 6.42 Å². The monoisotopic (exact) mass is 429 g/mol. The Bertz CT molecular complexity index is 1090. The van der Waals surface area contributed by atoms with Gasteiger partial charge in [-0.3, -0.25) is 14.6 Å². The maximum absolute atomic E-state index is 13.3. The van der Waals surface area contributed by atoms with Crippen molar-refractivity contribution in [1.82, 2.24) is 24.3 Å². The zero-order chi connectivity index (χ0) is 21.9. The Morgan fingerprint density at radius 1 is 0.938 bits per heavy atom. The van der Waals surface area contributed by atoms with Crippen molar-refractivity contribution in [2.75, 3.05) is 19.6 Å². The third-order valence-corrected chi connectivity index (χ3v) is 6.32. The summed E-state index contributed by atoms with van der Waals surface area (Å²) in [4.78, 5) is 39.1. The molecule has 7 nitrogen and oxygen atoms in total. The number of hydrogen-bond acceptors (Lipinski definition) is 4. The van der Waals surface area contributed by atoms with E-state index in [4.69, 9.17) is 4.98 Å². The molecule has 2 amide bonds. The average molecular weight is 430 g/mol. The number of carbonyl (C=O) groups excluding carboxylic acids is 2. The van der Waals surface area contributed by atoms with Crippen LogP contribution in [0.15, 0.2) is 61.1 Å². The SMILES string of the molecule is O=C(c1cn2c(n1)C(c1ccccc1)N(C(=O)Cc1cccnc1)CC2)N1CCCCC1. The van der Waals surface area contributed by atoms with Crippen LogP contribution in [-0.2, 0) is 17.8 Å². The van der Waals surface area contributed by atoms with Gasteiger partial charge in [0.25, 0.3) is 5.91 Å². The summed E-state index contributed by atoms with van der Waals surface area (Å²) in [5, 5.41) is 0. The lowest BCUT2D eigenvalue weighted by Gasteiger charge is -2.36. The normalized spacial score (nSPS) is 18.3. The number of hydrogen-bond donors (Lipinski definition) is 0. The first kappa shape index (κ1) is 20.4. The smallest absolute Gasteiger partial charge is 0.274 e. The minimum atomic E-state index is -0.322. The zero-order valence-electron chi connectivity index (χ0n) is 18.1. The summed E-state index contributed by atoms with van der Waals surface area (Å²) in [5.74, 6) is 0.777. The van der Waals surface area contributed by atoms with E-state index >= 15 is 0 Å². The minimum absolute atomic E-state index is 0.00773. The molecule has 2 aliphatic rings. The fourth-order valence-electron chi connectivity index (χ4n) is 4.69. The lowest BCUT2D eigenvalue weighted by Crippen LogP contribution is -2.43. The number of fused-ring (bicyclic) bond motifs is 1. The zero-order valence-corrected chi connectivity index (χ0v) is 18.1. The van der Waals surface area contributed by atoms with Gasteiger partial charge in [0.15, 0.2) is 0 Å². The van der Waals surface area contributed by atoms with Gasteiger partial charge >= 0.3 is 0 Å². The largest absolute Gasteiger partial charge is 0.337 e. The van der Waals surface area contributed by atoms with Crippen molar-refractivity contribution >= 4 is 11.8 Å². The Morgan fingerprint density at radius 3 is 2.50 bits per heavy atom. The molecule has 0 N–H and O–H groups in total. The molecule has 0 radical (unpaired) electrons. The molecule has 0 saturated carbocycles. The van der Waals surface area contributed by atoms with Gasteiger partial charge in [-0.25, -0.2) is 4.98 Å². The first-order valence-electron chi connectivity index (χ1n) is 11.3. The third-order valence-electron chi connectivity index (χ3n) is 6.32. The Labute approximate surface area is 187 Å². The maximum Gasteiger partial charge on any atom is 0.274 e. The van der Waals surface area contributed by atoms with Crippen molar-refractivity contribution < 1.29 is 9.59 Å². The summed E-state index contributed by atoms with van der Waals surface area (Å²) >= 11 is 0. The first-order valence-corrected chi connectivity index (χ1v) is 11.3. The fraction of sp³-hybridized carbons (Fsp3) is 0.360. The van der Waals surface area contributed by atoms with Gasteiger partial charge in [-0.1, -0.05) is 36.4 Å². The summed E-state index contributed by atoms with van der Waals surface area (Å²) in [7, 11) is 0. The molecule has 1 fully saturated rings. The van der Waals surface area contributed by atoms with Crippen molar-refractivity contribution in [2.24, 2.45) is 0 Å². The molecule has 5 rings (SSSR count). The van der Waals surface area contributed by atoms with Gasteiger partial charge in [0.1, 0.15) is 17.6 Å². The van der Waals surface area contributed by atoms with E-state index in [1.165, 1.54) is 6.42 Å². The lowest BCUT2D eigenvalue weighted by molar-refractivity contribution is -0.133. The molecule has 0 aliphatic carbocycles. The summed E-state index contributed by atoms with van der Waals surface area (Å²) in [6.45, 7) is 2.77. The Hall–Kier alpha value is -3.48. The second-order valence-electron chi connectivity index (χ2n) is 8.47. The van der Waals surface area contributed by atoms with Crippen LogP contribution in [0.25, 0.3) is 0 Å². The summed E-state index contributed by atoms with van der Waals surface area (Å²) in [6.07, 6.45) is 8.86. The molecule has 0 spiro atoms. The number of piperidine rings is 1. The first-order chi connectivity index (χ1) is 15.7. The van der Waals surface area contributed by atoms with Crippen molar-refractivity contribution in [1.29, 1.82) is 0 Å². The Kier molecular flexibility index (Phi) is 5.71. The Balaban J connectivity index is 1.47. The second-order valence-corrected chi connectivity index (χ2v) is 8.47. The van der Waals surface area contributed by atoms with Crippen LogP contribution in [0.4, 0.5) is 0 Å². The summed E-state index contributed by atoms with van der Waals surface area (Å²) in [5.41, 5.74) is 2.36. The molecule has 0 bridgehead atoms. The molecule has 2 aliphatic heterocycles. The van der Waals surface area contributed by atoms with Gasteiger partial charge < -0.3 is 14.4 Å². The number of amides is 2. The molecule has 3 aromatic rings. The van der Waals surface area contributed by atoms with E-state index in [1.807, 2.05) is 63.0 Å². The van der Waals surface area contributed by atoms with Gasteiger partial charge in [0, 0.05) is 44.8 Å². The van der Waals surface area contributed by atoms with Crippen molar-refractivity contribution in [3.8, 4) is 0 Å². The van der Waals surface area contributed by atoms with Crippen LogP contribution >= 0.6 is 0 Å². The number of rotatable bonds is 4. The van der Waals surface area contributed by atoms with Crippen molar-refractivity contribution in [3.63, 3.8) is 0 Å². The minimum Gasteiger partial charge on any atom is -0.337 e. The number of imidazole rings is 1. The number of likely N-dealkylation sites (tertiary alicyclic amines) is 1. The van der Waals surface area contributed by atoms with Crippen molar-refractivity contribution in [2.45, 2.75) is 38.3 Å². The van der Waals surface area contributed by atoms with Gasteiger partial charge in [-0.05, 0) is 36.5 Å². The van der Waals surface area contributed by atoms with Crippen LogP contribution in [0.2, 0.25) is 0 Å². The van der Waals surface area contributed by atoms with E-state index in [-0.39, 0.29) is 24.3 Å². The Morgan fingerprint density at radius 2 is 1.75 bits per heavy atom. The van der Waals surface area contributed by atoms with Crippen LogP contribution in [0, 0.1) is 0 Å². The molecule has 2 aromatic heterocycles. The van der Waals surface area contributed by atoms with E-state index in [9.17, 15) is 9.59 Å². The number of nitrogens with zero attached hydrogens (tertiary/aromatic N) is 5. The maximum atomic E-state index is 13.3. The highest BCUT2D eigenvalue weighted by molar-refractivity contribution is 5.92. The quantitative estimate of drug-likeness (QED) is 0.639. The van der Waals surface area contributed by atoms with Crippen LogP contribution in [0.3, 0.4) is 0 Å². The molecule has 1 aromatic carbocycles. The van der Waals surface area contributed by atoms with E-state index in [2.05, 4.69) is 4.98 Å². The second kappa shape index (κ2) is 8.94. The molecule has 164 valence electrons. The van der Waals surface area contributed by atoms with Crippen LogP contribution in [0.1, 0.15) is 52.7 Å². The number of aromatic nitrogens is 3. The summed E-state index contributed by atoms with van der Waals surface area (Å²) in [6, 6.07) is 13.4. The molecule has 1 saturated heterocycles. The molecule has 1 unspecified atom stereocenters. The standard InChI is InChI=1S/C25H27N5O2/c31-22(16-19-8-7-11-26-17-19)30-15-14-29-18-21(25(32)28-12-5-2-6-13-28)27-24(29)23(30)20-9-3-1-4-10-20/h1,3-4,7-11,17-18,23H,2,5-6,12-16H2. The fourth-order valence-corrected chi connectivity index (χ4v) is 4.69.